The molecule has 5 nitrogen and oxygen atoms in total. The first-order valence-corrected chi connectivity index (χ1v) is 6.45. The van der Waals surface area contributed by atoms with Gasteiger partial charge in [0.25, 0.3) is 0 Å². The molecule has 0 aromatic carbocycles. The zero-order valence-electron chi connectivity index (χ0n) is 12.1. The number of carbonyl (C=O) groups is 2. The Hall–Kier alpha value is -1.78. The molecule has 1 heterocycles. The molecule has 0 fully saturated rings. The molecule has 0 aliphatic heterocycles. The van der Waals surface area contributed by atoms with Crippen molar-refractivity contribution >= 4 is 11.9 Å². The van der Waals surface area contributed by atoms with Crippen LogP contribution < -0.4 is 0 Å². The first kappa shape index (κ1) is 15.3. The van der Waals surface area contributed by atoms with Crippen LogP contribution in [0.25, 0.3) is 0 Å². The van der Waals surface area contributed by atoms with Crippen LogP contribution in [0.4, 0.5) is 0 Å². The van der Waals surface area contributed by atoms with Gasteiger partial charge in [-0.25, -0.2) is 9.59 Å². The molecule has 19 heavy (non-hydrogen) atoms. The average molecular weight is 267 g/mol. The molecule has 1 aromatic rings. The van der Waals surface area contributed by atoms with Gasteiger partial charge in [-0.1, -0.05) is 6.92 Å². The Kier molecular flexibility index (Phi) is 5.15. The number of ether oxygens (including phenoxy) is 2. The lowest BCUT2D eigenvalue weighted by Crippen LogP contribution is -2.13. The molecular weight excluding hydrogens is 246 g/mol. The predicted molar refractivity (Wildman–Crippen MR) is 71.4 cm³/mol. The van der Waals surface area contributed by atoms with Crippen molar-refractivity contribution in [1.82, 2.24) is 4.98 Å². The van der Waals surface area contributed by atoms with E-state index < -0.39 is 11.9 Å². The van der Waals surface area contributed by atoms with Crippen LogP contribution in [-0.2, 0) is 9.47 Å². The van der Waals surface area contributed by atoms with Gasteiger partial charge >= 0.3 is 11.9 Å². The molecule has 1 N–H and O–H groups in total. The van der Waals surface area contributed by atoms with E-state index in [-0.39, 0.29) is 6.10 Å². The highest BCUT2D eigenvalue weighted by molar-refractivity contribution is 5.98. The molecule has 0 spiro atoms. The van der Waals surface area contributed by atoms with E-state index in [4.69, 9.17) is 9.47 Å². The Labute approximate surface area is 113 Å². The van der Waals surface area contributed by atoms with Crippen molar-refractivity contribution in [2.45, 2.75) is 47.1 Å². The highest BCUT2D eigenvalue weighted by atomic mass is 16.5. The molecule has 0 saturated heterocycles. The van der Waals surface area contributed by atoms with E-state index in [2.05, 4.69) is 4.98 Å². The normalized spacial score (nSPS) is 10.6. The minimum Gasteiger partial charge on any atom is -0.461 e. The molecule has 1 aromatic heterocycles. The van der Waals surface area contributed by atoms with E-state index in [0.717, 1.165) is 6.42 Å². The fraction of sp³-hybridized carbons (Fsp3) is 0.571. The number of H-pyrrole nitrogens is 1. The second-order valence-electron chi connectivity index (χ2n) is 4.71. The van der Waals surface area contributed by atoms with Crippen molar-refractivity contribution in [3.05, 3.63) is 22.5 Å². The Morgan fingerprint density at radius 2 is 1.84 bits per heavy atom. The molecule has 0 bridgehead atoms. The zero-order chi connectivity index (χ0) is 14.6. The van der Waals surface area contributed by atoms with Crippen LogP contribution in [0.15, 0.2) is 0 Å². The van der Waals surface area contributed by atoms with Crippen molar-refractivity contribution in [3.8, 4) is 0 Å². The summed E-state index contributed by atoms with van der Waals surface area (Å²) in [5.74, 6) is -0.859. The van der Waals surface area contributed by atoms with Crippen LogP contribution in [0.3, 0.4) is 0 Å². The first-order chi connectivity index (χ1) is 8.88. The van der Waals surface area contributed by atoms with Crippen LogP contribution in [0.2, 0.25) is 0 Å². The summed E-state index contributed by atoms with van der Waals surface area (Å²) in [5, 5.41) is 0. The molecule has 0 aliphatic carbocycles. The third-order valence-electron chi connectivity index (χ3n) is 2.63. The number of aromatic nitrogens is 1. The summed E-state index contributed by atoms with van der Waals surface area (Å²) in [6.07, 6.45) is 0.559. The first-order valence-electron chi connectivity index (χ1n) is 6.45. The number of aromatic amines is 1. The summed E-state index contributed by atoms with van der Waals surface area (Å²) in [5.41, 5.74) is 1.93. The van der Waals surface area contributed by atoms with Gasteiger partial charge in [-0.2, -0.15) is 0 Å². The van der Waals surface area contributed by atoms with Gasteiger partial charge in [0.1, 0.15) is 5.69 Å². The second-order valence-corrected chi connectivity index (χ2v) is 4.71. The van der Waals surface area contributed by atoms with E-state index in [9.17, 15) is 9.59 Å². The maximum atomic E-state index is 12.0. The number of carbonyl (C=O) groups excluding carboxylic acids is 2. The van der Waals surface area contributed by atoms with E-state index in [1.807, 2.05) is 6.92 Å². The topological polar surface area (TPSA) is 68.4 Å². The lowest BCUT2D eigenvalue weighted by atomic mass is 10.1. The number of nitrogens with one attached hydrogen (secondary N) is 1. The third-order valence-corrected chi connectivity index (χ3v) is 2.63. The van der Waals surface area contributed by atoms with Crippen molar-refractivity contribution in [3.63, 3.8) is 0 Å². The number of aryl methyl sites for hydroxylation is 1. The molecule has 5 heteroatoms. The summed E-state index contributed by atoms with van der Waals surface area (Å²) in [4.78, 5) is 26.7. The van der Waals surface area contributed by atoms with Crippen molar-refractivity contribution in [2.24, 2.45) is 0 Å². The maximum absolute atomic E-state index is 12.0. The van der Waals surface area contributed by atoms with Crippen LogP contribution in [0.5, 0.6) is 0 Å². The van der Waals surface area contributed by atoms with Gasteiger partial charge < -0.3 is 14.5 Å². The Balaban J connectivity index is 3.00. The summed E-state index contributed by atoms with van der Waals surface area (Å²) in [6, 6.07) is 0. The Morgan fingerprint density at radius 1 is 1.21 bits per heavy atom. The van der Waals surface area contributed by atoms with E-state index >= 15 is 0 Å². The van der Waals surface area contributed by atoms with Crippen molar-refractivity contribution in [2.75, 3.05) is 6.61 Å². The van der Waals surface area contributed by atoms with E-state index in [0.29, 0.717) is 29.1 Å². The fourth-order valence-corrected chi connectivity index (χ4v) is 1.80. The van der Waals surface area contributed by atoms with Crippen molar-refractivity contribution < 1.29 is 19.1 Å². The van der Waals surface area contributed by atoms with Gasteiger partial charge in [0.05, 0.1) is 18.3 Å². The SMILES string of the molecule is CCCOC(=O)c1[nH]c(C)c(C(=O)OC(C)C)c1C. The van der Waals surface area contributed by atoms with E-state index in [1.165, 1.54) is 0 Å². The van der Waals surface area contributed by atoms with Crippen LogP contribution in [0.1, 0.15) is 59.3 Å². The number of hydrogen-bond acceptors (Lipinski definition) is 4. The van der Waals surface area contributed by atoms with Gasteiger partial charge in [-0.05, 0) is 39.7 Å². The summed E-state index contributed by atoms with van der Waals surface area (Å²) in [6.45, 7) is 9.30. The standard InChI is InChI=1S/C14H21NO4/c1-6-7-18-14(17)12-9(4)11(10(5)15-12)13(16)19-8(2)3/h8,15H,6-7H2,1-5H3. The summed E-state index contributed by atoms with van der Waals surface area (Å²) >= 11 is 0. The third kappa shape index (κ3) is 3.59. The molecule has 0 amide bonds. The van der Waals surface area contributed by atoms with Crippen molar-refractivity contribution in [1.29, 1.82) is 0 Å². The smallest absolute Gasteiger partial charge is 0.355 e. The Bertz CT molecular complexity index is 474. The Morgan fingerprint density at radius 3 is 2.37 bits per heavy atom. The monoisotopic (exact) mass is 267 g/mol. The minimum absolute atomic E-state index is 0.198. The molecule has 1 rings (SSSR count). The summed E-state index contributed by atoms with van der Waals surface area (Å²) in [7, 11) is 0. The minimum atomic E-state index is -0.439. The van der Waals surface area contributed by atoms with Gasteiger partial charge in [-0.15, -0.1) is 0 Å². The van der Waals surface area contributed by atoms with Crippen LogP contribution >= 0.6 is 0 Å². The predicted octanol–water partition coefficient (Wildman–Crippen LogP) is 2.76. The van der Waals surface area contributed by atoms with Gasteiger partial charge in [0, 0.05) is 5.69 Å². The molecule has 0 unspecified atom stereocenters. The lowest BCUT2D eigenvalue weighted by molar-refractivity contribution is 0.0376. The molecule has 0 aliphatic rings. The van der Waals surface area contributed by atoms with Crippen LogP contribution in [0, 0.1) is 13.8 Å². The quantitative estimate of drug-likeness (QED) is 0.833. The average Bonchev–Trinajstić information content (AvgIpc) is 2.61. The van der Waals surface area contributed by atoms with Gasteiger partial charge in [-0.3, -0.25) is 0 Å². The number of hydrogen-bond donors (Lipinski definition) is 1. The highest BCUT2D eigenvalue weighted by Crippen LogP contribution is 2.20. The molecular formula is C14H21NO4. The second kappa shape index (κ2) is 6.41. The lowest BCUT2D eigenvalue weighted by Gasteiger charge is -2.08. The van der Waals surface area contributed by atoms with Gasteiger partial charge in [0.2, 0.25) is 0 Å². The van der Waals surface area contributed by atoms with Crippen LogP contribution in [-0.4, -0.2) is 29.6 Å². The molecule has 106 valence electrons. The zero-order valence-corrected chi connectivity index (χ0v) is 12.1. The number of esters is 2. The molecule has 0 saturated carbocycles. The molecule has 0 radical (unpaired) electrons. The summed E-state index contributed by atoms with van der Waals surface area (Å²) < 4.78 is 10.2. The molecule has 0 atom stereocenters. The maximum Gasteiger partial charge on any atom is 0.355 e. The van der Waals surface area contributed by atoms with E-state index in [1.54, 1.807) is 27.7 Å². The number of rotatable bonds is 5. The fourth-order valence-electron chi connectivity index (χ4n) is 1.80. The largest absolute Gasteiger partial charge is 0.461 e. The van der Waals surface area contributed by atoms with Gasteiger partial charge in [0.15, 0.2) is 0 Å². The highest BCUT2D eigenvalue weighted by Gasteiger charge is 2.24.